The molecule has 136 valence electrons. The van der Waals surface area contributed by atoms with Crippen LogP contribution >= 0.6 is 0 Å². The Kier molecular flexibility index (Phi) is 4.50. The monoisotopic (exact) mass is 359 g/mol. The lowest BCUT2D eigenvalue weighted by Gasteiger charge is -2.23. The van der Waals surface area contributed by atoms with Crippen LogP contribution in [0.2, 0.25) is 0 Å². The maximum atomic E-state index is 12.8. The van der Waals surface area contributed by atoms with Gasteiger partial charge in [-0.05, 0) is 13.3 Å². The first-order chi connectivity index (χ1) is 11.8. The molecule has 11 heteroatoms. The smallest absolute Gasteiger partial charge is 0.438 e. The van der Waals surface area contributed by atoms with Crippen molar-refractivity contribution in [3.05, 3.63) is 29.5 Å². The van der Waals surface area contributed by atoms with Gasteiger partial charge in [-0.1, -0.05) is 0 Å². The molecule has 3 heterocycles. The van der Waals surface area contributed by atoms with E-state index in [0.717, 1.165) is 4.90 Å². The maximum absolute atomic E-state index is 12.8. The van der Waals surface area contributed by atoms with Gasteiger partial charge in [0, 0.05) is 20.2 Å². The normalized spacial score (nSPS) is 20.8. The number of carbonyl (C=O) groups excluding carboxylic acids is 1. The van der Waals surface area contributed by atoms with Gasteiger partial charge in [-0.2, -0.15) is 18.3 Å². The van der Waals surface area contributed by atoms with Crippen LogP contribution in [0.15, 0.2) is 10.8 Å². The molecule has 2 aromatic heterocycles. The zero-order valence-corrected chi connectivity index (χ0v) is 13.5. The number of rotatable bonds is 4. The molecule has 1 saturated heterocycles. The molecule has 0 aliphatic carbocycles. The van der Waals surface area contributed by atoms with E-state index in [1.54, 1.807) is 6.92 Å². The van der Waals surface area contributed by atoms with Crippen LogP contribution in [-0.4, -0.2) is 57.3 Å². The largest absolute Gasteiger partial charge is 0.452 e. The minimum Gasteiger partial charge on any atom is -0.438 e. The van der Waals surface area contributed by atoms with Crippen LogP contribution < -0.4 is 0 Å². The minimum absolute atomic E-state index is 0.0846. The van der Waals surface area contributed by atoms with Crippen molar-refractivity contribution in [2.75, 3.05) is 20.2 Å². The van der Waals surface area contributed by atoms with Crippen molar-refractivity contribution in [2.45, 2.75) is 31.5 Å². The Labute approximate surface area is 140 Å². The van der Waals surface area contributed by atoms with E-state index in [1.165, 1.54) is 7.05 Å². The lowest BCUT2D eigenvalue weighted by atomic mass is 10.0. The standard InChI is InChI=1S/C14H16F3N5O3/c1-7-19-12(21-20-7)8-3-4-24-9(8)5-22(2)13(23)10-11(14(15,16)17)25-6-18-10/h6,8-9H,3-5H2,1-2H3,(H,19,20,21)/t8-,9-/m1/s1. The van der Waals surface area contributed by atoms with Crippen molar-refractivity contribution in [1.29, 1.82) is 0 Å². The third kappa shape index (κ3) is 3.50. The predicted octanol–water partition coefficient (Wildman–Crippen LogP) is 1.76. The number of H-pyrrole nitrogens is 1. The molecule has 0 saturated carbocycles. The van der Waals surface area contributed by atoms with Crippen LogP contribution in [0.5, 0.6) is 0 Å². The van der Waals surface area contributed by atoms with Gasteiger partial charge in [0.25, 0.3) is 5.91 Å². The fourth-order valence-corrected chi connectivity index (χ4v) is 2.78. The topological polar surface area (TPSA) is 97.1 Å². The third-order valence-electron chi connectivity index (χ3n) is 3.98. The van der Waals surface area contributed by atoms with Crippen molar-refractivity contribution < 1.29 is 27.1 Å². The van der Waals surface area contributed by atoms with Crippen molar-refractivity contribution in [2.24, 2.45) is 0 Å². The number of alkyl halides is 3. The van der Waals surface area contributed by atoms with E-state index >= 15 is 0 Å². The van der Waals surface area contributed by atoms with Crippen LogP contribution in [0.1, 0.15) is 40.2 Å². The first-order valence-corrected chi connectivity index (χ1v) is 7.54. The number of aromatic nitrogens is 4. The lowest BCUT2D eigenvalue weighted by Crippen LogP contribution is -2.37. The van der Waals surface area contributed by atoms with Gasteiger partial charge < -0.3 is 14.1 Å². The molecule has 0 unspecified atom stereocenters. The Morgan fingerprint density at radius 3 is 2.88 bits per heavy atom. The van der Waals surface area contributed by atoms with E-state index in [-0.39, 0.29) is 12.5 Å². The molecular weight excluding hydrogens is 343 g/mol. The number of aryl methyl sites for hydroxylation is 1. The van der Waals surface area contributed by atoms with Gasteiger partial charge in [0.05, 0.1) is 12.0 Å². The van der Waals surface area contributed by atoms with Crippen molar-refractivity contribution >= 4 is 5.91 Å². The summed E-state index contributed by atoms with van der Waals surface area (Å²) in [5.41, 5.74) is -0.765. The van der Waals surface area contributed by atoms with Crippen molar-refractivity contribution in [1.82, 2.24) is 25.1 Å². The highest BCUT2D eigenvalue weighted by Crippen LogP contribution is 2.33. The molecule has 1 aliphatic rings. The lowest BCUT2D eigenvalue weighted by molar-refractivity contribution is -0.153. The first-order valence-electron chi connectivity index (χ1n) is 7.54. The Hall–Kier alpha value is -2.43. The molecular formula is C14H16F3N5O3. The van der Waals surface area contributed by atoms with Gasteiger partial charge in [-0.3, -0.25) is 9.89 Å². The quantitative estimate of drug-likeness (QED) is 0.894. The summed E-state index contributed by atoms with van der Waals surface area (Å²) in [7, 11) is 1.39. The molecule has 2 aromatic rings. The number of hydrogen-bond acceptors (Lipinski definition) is 6. The molecule has 0 radical (unpaired) electrons. The zero-order chi connectivity index (χ0) is 18.2. The molecule has 1 amide bonds. The van der Waals surface area contributed by atoms with Crippen LogP contribution in [0.4, 0.5) is 13.2 Å². The highest BCUT2D eigenvalue weighted by atomic mass is 19.4. The summed E-state index contributed by atoms with van der Waals surface area (Å²) in [6.45, 7) is 2.31. The summed E-state index contributed by atoms with van der Waals surface area (Å²) in [5, 5.41) is 6.84. The summed E-state index contributed by atoms with van der Waals surface area (Å²) in [6, 6.07) is 0. The molecule has 1 N–H and O–H groups in total. The Balaban J connectivity index is 1.72. The highest BCUT2D eigenvalue weighted by Gasteiger charge is 2.42. The summed E-state index contributed by atoms with van der Waals surface area (Å²) < 4.78 is 48.5. The van der Waals surface area contributed by atoms with E-state index in [4.69, 9.17) is 4.74 Å². The molecule has 1 aliphatic heterocycles. The van der Waals surface area contributed by atoms with E-state index in [9.17, 15) is 18.0 Å². The maximum Gasteiger partial charge on any atom is 0.452 e. The first kappa shape index (κ1) is 17.4. The van der Waals surface area contributed by atoms with Gasteiger partial charge in [-0.15, -0.1) is 0 Å². The van der Waals surface area contributed by atoms with E-state index in [1.807, 2.05) is 0 Å². The van der Waals surface area contributed by atoms with Crippen LogP contribution in [0.25, 0.3) is 0 Å². The number of aromatic amines is 1. The molecule has 0 aromatic carbocycles. The van der Waals surface area contributed by atoms with Crippen LogP contribution in [0.3, 0.4) is 0 Å². The average molecular weight is 359 g/mol. The number of hydrogen-bond donors (Lipinski definition) is 1. The average Bonchev–Trinajstić information content (AvgIpc) is 3.24. The number of ether oxygens (including phenoxy) is 1. The minimum atomic E-state index is -4.79. The van der Waals surface area contributed by atoms with Gasteiger partial charge in [0.15, 0.2) is 17.9 Å². The van der Waals surface area contributed by atoms with Crippen LogP contribution in [-0.2, 0) is 10.9 Å². The summed E-state index contributed by atoms with van der Waals surface area (Å²) in [4.78, 5) is 21.1. The molecule has 0 spiro atoms. The number of carbonyl (C=O) groups is 1. The van der Waals surface area contributed by atoms with Crippen molar-refractivity contribution in [3.63, 3.8) is 0 Å². The van der Waals surface area contributed by atoms with E-state index in [2.05, 4.69) is 24.6 Å². The van der Waals surface area contributed by atoms with Crippen molar-refractivity contribution in [3.8, 4) is 0 Å². The second-order valence-corrected chi connectivity index (χ2v) is 5.80. The zero-order valence-electron chi connectivity index (χ0n) is 13.5. The van der Waals surface area contributed by atoms with Gasteiger partial charge in [0.2, 0.25) is 5.76 Å². The van der Waals surface area contributed by atoms with Crippen LogP contribution in [0, 0.1) is 6.92 Å². The Morgan fingerprint density at radius 1 is 1.48 bits per heavy atom. The summed E-state index contributed by atoms with van der Waals surface area (Å²) in [5.74, 6) is -1.21. The number of nitrogens with zero attached hydrogens (tertiary/aromatic N) is 4. The second-order valence-electron chi connectivity index (χ2n) is 5.80. The highest BCUT2D eigenvalue weighted by molar-refractivity contribution is 5.93. The third-order valence-corrected chi connectivity index (χ3v) is 3.98. The van der Waals surface area contributed by atoms with E-state index < -0.39 is 29.6 Å². The summed E-state index contributed by atoms with van der Waals surface area (Å²) in [6.07, 6.45) is -3.92. The number of likely N-dealkylation sites (N-methyl/N-ethyl adjacent to an activating group) is 1. The van der Waals surface area contributed by atoms with Gasteiger partial charge >= 0.3 is 6.18 Å². The molecule has 8 nitrogen and oxygen atoms in total. The molecule has 3 rings (SSSR count). The molecule has 0 bridgehead atoms. The van der Waals surface area contributed by atoms with Gasteiger partial charge in [-0.25, -0.2) is 9.97 Å². The molecule has 25 heavy (non-hydrogen) atoms. The fourth-order valence-electron chi connectivity index (χ4n) is 2.78. The van der Waals surface area contributed by atoms with Gasteiger partial charge in [0.1, 0.15) is 5.82 Å². The Bertz CT molecular complexity index is 757. The SMILES string of the molecule is Cc1nc([C@@H]2CCO[C@@H]2CN(C)C(=O)c2ncoc2C(F)(F)F)n[nH]1. The Morgan fingerprint density at radius 2 is 2.24 bits per heavy atom. The number of oxazole rings is 1. The van der Waals surface area contributed by atoms with E-state index in [0.29, 0.717) is 31.1 Å². The number of halogens is 3. The number of amides is 1. The fraction of sp³-hybridized carbons (Fsp3) is 0.571. The summed E-state index contributed by atoms with van der Waals surface area (Å²) >= 11 is 0. The second kappa shape index (κ2) is 6.47. The molecule has 2 atom stereocenters. The number of nitrogens with one attached hydrogen (secondary N) is 1. The molecule has 1 fully saturated rings. The predicted molar refractivity (Wildman–Crippen MR) is 76.7 cm³/mol.